The highest BCUT2D eigenvalue weighted by atomic mass is 16.5. The molecule has 2 atom stereocenters. The van der Waals surface area contributed by atoms with E-state index in [1.165, 1.54) is 11.6 Å². The molecule has 2 aliphatic rings. The van der Waals surface area contributed by atoms with Crippen LogP contribution in [0.25, 0.3) is 11.2 Å². The van der Waals surface area contributed by atoms with E-state index in [0.717, 1.165) is 35.8 Å². The quantitative estimate of drug-likeness (QED) is 0.467. The van der Waals surface area contributed by atoms with E-state index in [2.05, 4.69) is 4.90 Å². The maximum Gasteiger partial charge on any atom is 0.334 e. The average Bonchev–Trinajstić information content (AvgIpc) is 3.19. The second kappa shape index (κ2) is 9.62. The van der Waals surface area contributed by atoms with Gasteiger partial charge in [0.1, 0.15) is 6.17 Å². The fourth-order valence-electron chi connectivity index (χ4n) is 4.58. The third kappa shape index (κ3) is 4.40. The maximum absolute atomic E-state index is 13.3. The van der Waals surface area contributed by atoms with Crippen LogP contribution in [0.2, 0.25) is 0 Å². The lowest BCUT2D eigenvalue weighted by Crippen LogP contribution is -2.48. The molecule has 2 aromatic rings. The van der Waals surface area contributed by atoms with Gasteiger partial charge in [0.25, 0.3) is 5.56 Å². The molecule has 0 saturated carbocycles. The van der Waals surface area contributed by atoms with Crippen molar-refractivity contribution in [2.24, 2.45) is 12.8 Å². The average molecular weight is 460 g/mol. The third-order valence-electron chi connectivity index (χ3n) is 6.39. The molecule has 2 fully saturated rings. The Morgan fingerprint density at radius 2 is 1.97 bits per heavy atom. The summed E-state index contributed by atoms with van der Waals surface area (Å²) in [6.45, 7) is 7.74. The lowest BCUT2D eigenvalue weighted by Gasteiger charge is -2.32. The lowest BCUT2D eigenvalue weighted by molar-refractivity contribution is -0.117. The molecule has 11 nitrogen and oxygen atoms in total. The van der Waals surface area contributed by atoms with Gasteiger partial charge in [0, 0.05) is 45.8 Å². The summed E-state index contributed by atoms with van der Waals surface area (Å²) in [7, 11) is 1.44. The van der Waals surface area contributed by atoms with Crippen LogP contribution in [0.3, 0.4) is 0 Å². The molecule has 2 unspecified atom stereocenters. The molecular formula is C22H33N7O4. The number of morpholine rings is 1. The second-order valence-electron chi connectivity index (χ2n) is 9.04. The molecule has 2 aliphatic heterocycles. The number of hydrogen-bond donors (Lipinski definition) is 1. The van der Waals surface area contributed by atoms with Crippen LogP contribution in [-0.4, -0.2) is 75.3 Å². The van der Waals surface area contributed by atoms with Gasteiger partial charge in [-0.25, -0.2) is 4.79 Å². The smallest absolute Gasteiger partial charge is 0.334 e. The number of ether oxygens (including phenoxy) is 1. The van der Waals surface area contributed by atoms with Crippen LogP contribution in [0.1, 0.15) is 32.9 Å². The van der Waals surface area contributed by atoms with Gasteiger partial charge in [-0.2, -0.15) is 4.98 Å². The van der Waals surface area contributed by atoms with Crippen LogP contribution in [-0.2, 0) is 23.1 Å². The first-order valence-corrected chi connectivity index (χ1v) is 11.5. The van der Waals surface area contributed by atoms with Gasteiger partial charge in [0.2, 0.25) is 5.95 Å². The molecular weight excluding hydrogens is 426 g/mol. The molecule has 0 aliphatic carbocycles. The SMILES string of the molecule is CC(C)=CCn1c(N2CCCC(N)C2)nc2c1c(=O)n(C)c(=O)n2C(C=O)N1CCOCC1. The van der Waals surface area contributed by atoms with Crippen LogP contribution < -0.4 is 21.9 Å². The highest BCUT2D eigenvalue weighted by Crippen LogP contribution is 2.25. The zero-order chi connectivity index (χ0) is 23.7. The van der Waals surface area contributed by atoms with Gasteiger partial charge in [-0.3, -0.25) is 23.6 Å². The number of anilines is 1. The van der Waals surface area contributed by atoms with Gasteiger partial charge in [0.15, 0.2) is 17.5 Å². The number of rotatable bonds is 6. The molecule has 0 spiro atoms. The number of piperidine rings is 1. The van der Waals surface area contributed by atoms with Crippen molar-refractivity contribution in [3.05, 3.63) is 32.5 Å². The Morgan fingerprint density at radius 3 is 2.61 bits per heavy atom. The van der Waals surface area contributed by atoms with Crippen LogP contribution >= 0.6 is 0 Å². The van der Waals surface area contributed by atoms with E-state index in [-0.39, 0.29) is 11.7 Å². The molecule has 4 heterocycles. The van der Waals surface area contributed by atoms with Crippen LogP contribution in [0.15, 0.2) is 21.2 Å². The maximum atomic E-state index is 13.3. The van der Waals surface area contributed by atoms with Crippen LogP contribution in [0, 0.1) is 0 Å². The van der Waals surface area contributed by atoms with Crippen molar-refractivity contribution >= 4 is 23.4 Å². The number of fused-ring (bicyclic) bond motifs is 1. The Balaban J connectivity index is 1.98. The van der Waals surface area contributed by atoms with E-state index in [4.69, 9.17) is 15.5 Å². The highest BCUT2D eigenvalue weighted by Gasteiger charge is 2.31. The Hall–Kier alpha value is -2.76. The molecule has 0 amide bonds. The predicted octanol–water partition coefficient (Wildman–Crippen LogP) is -0.180. The largest absolute Gasteiger partial charge is 0.379 e. The molecule has 0 aromatic carbocycles. The van der Waals surface area contributed by atoms with Gasteiger partial charge >= 0.3 is 5.69 Å². The Morgan fingerprint density at radius 1 is 1.24 bits per heavy atom. The number of aromatic nitrogens is 4. The van der Waals surface area contributed by atoms with E-state index >= 15 is 0 Å². The van der Waals surface area contributed by atoms with E-state index in [1.54, 1.807) is 0 Å². The molecule has 2 N–H and O–H groups in total. The number of nitrogens with zero attached hydrogens (tertiary/aromatic N) is 6. The van der Waals surface area contributed by atoms with Gasteiger partial charge in [0.05, 0.1) is 13.2 Å². The van der Waals surface area contributed by atoms with Crippen molar-refractivity contribution < 1.29 is 9.53 Å². The first-order chi connectivity index (χ1) is 15.8. The van der Waals surface area contributed by atoms with Gasteiger partial charge < -0.3 is 19.9 Å². The summed E-state index contributed by atoms with van der Waals surface area (Å²) in [5.41, 5.74) is 6.87. The number of nitrogens with two attached hydrogens (primary N) is 1. The fraction of sp³-hybridized carbons (Fsp3) is 0.636. The Labute approximate surface area is 192 Å². The van der Waals surface area contributed by atoms with E-state index < -0.39 is 17.4 Å². The molecule has 0 bridgehead atoms. The number of imidazole rings is 1. The van der Waals surface area contributed by atoms with Gasteiger partial charge in [-0.1, -0.05) is 11.6 Å². The van der Waals surface area contributed by atoms with Crippen molar-refractivity contribution in [1.82, 2.24) is 23.6 Å². The predicted molar refractivity (Wildman–Crippen MR) is 126 cm³/mol. The lowest BCUT2D eigenvalue weighted by atomic mass is 10.1. The minimum atomic E-state index is -0.876. The summed E-state index contributed by atoms with van der Waals surface area (Å²) in [4.78, 5) is 47.6. The summed E-state index contributed by atoms with van der Waals surface area (Å²) >= 11 is 0. The molecule has 180 valence electrons. The van der Waals surface area contributed by atoms with E-state index in [9.17, 15) is 14.4 Å². The normalized spacial score (nSPS) is 20.7. The van der Waals surface area contributed by atoms with Crippen molar-refractivity contribution in [1.29, 1.82) is 0 Å². The van der Waals surface area contributed by atoms with Crippen molar-refractivity contribution in [2.45, 2.75) is 45.4 Å². The zero-order valence-electron chi connectivity index (χ0n) is 19.6. The van der Waals surface area contributed by atoms with Gasteiger partial charge in [-0.05, 0) is 26.7 Å². The summed E-state index contributed by atoms with van der Waals surface area (Å²) in [5.74, 6) is 0.598. The number of aldehydes is 1. The molecule has 2 saturated heterocycles. The summed E-state index contributed by atoms with van der Waals surface area (Å²) < 4.78 is 9.67. The van der Waals surface area contributed by atoms with Crippen molar-refractivity contribution in [3.8, 4) is 0 Å². The number of carbonyl (C=O) groups excluding carboxylic acids is 1. The summed E-state index contributed by atoms with van der Waals surface area (Å²) in [5, 5.41) is 0. The number of allylic oxidation sites excluding steroid dienone is 2. The number of hydrogen-bond acceptors (Lipinski definition) is 8. The molecule has 4 rings (SSSR count). The first-order valence-electron chi connectivity index (χ1n) is 11.5. The minimum absolute atomic E-state index is 0.0107. The van der Waals surface area contributed by atoms with E-state index in [1.807, 2.05) is 29.4 Å². The van der Waals surface area contributed by atoms with Crippen molar-refractivity contribution in [3.63, 3.8) is 0 Å². The van der Waals surface area contributed by atoms with Crippen LogP contribution in [0.5, 0.6) is 0 Å². The Kier molecular flexibility index (Phi) is 6.82. The summed E-state index contributed by atoms with van der Waals surface area (Å²) in [6, 6.07) is 0.0107. The monoisotopic (exact) mass is 459 g/mol. The highest BCUT2D eigenvalue weighted by molar-refractivity contribution is 5.76. The minimum Gasteiger partial charge on any atom is -0.379 e. The number of carbonyl (C=O) groups is 1. The standard InChI is InChI=1S/C22H33N7O4/c1-15(2)6-8-28-18-19(24-21(28)27-7-4-5-16(23)13-27)29(22(32)25(3)20(18)31)17(14-30)26-9-11-33-12-10-26/h6,14,16-17H,4-5,7-13,23H2,1-3H3. The zero-order valence-corrected chi connectivity index (χ0v) is 19.6. The van der Waals surface area contributed by atoms with Gasteiger partial charge in [-0.15, -0.1) is 0 Å². The second-order valence-corrected chi connectivity index (χ2v) is 9.04. The topological polar surface area (TPSA) is 121 Å². The molecule has 2 aromatic heterocycles. The first kappa shape index (κ1) is 23.4. The van der Waals surface area contributed by atoms with E-state index in [0.29, 0.717) is 50.9 Å². The molecule has 11 heteroatoms. The third-order valence-corrected chi connectivity index (χ3v) is 6.39. The van der Waals surface area contributed by atoms with Crippen molar-refractivity contribution in [2.75, 3.05) is 44.3 Å². The summed E-state index contributed by atoms with van der Waals surface area (Å²) in [6.07, 6.45) is 3.73. The molecule has 33 heavy (non-hydrogen) atoms. The molecule has 0 radical (unpaired) electrons. The Bertz CT molecular complexity index is 1170. The van der Waals surface area contributed by atoms with Crippen LogP contribution in [0.4, 0.5) is 5.95 Å². The fourth-order valence-corrected chi connectivity index (χ4v) is 4.58.